The van der Waals surface area contributed by atoms with E-state index in [4.69, 9.17) is 9.47 Å². The Hall–Kier alpha value is -1.08. The molecule has 2 rings (SSSR count). The summed E-state index contributed by atoms with van der Waals surface area (Å²) in [4.78, 5) is 12.2. The highest BCUT2D eigenvalue weighted by Crippen LogP contribution is 2.30. The molecule has 22 heavy (non-hydrogen) atoms. The van der Waals surface area contributed by atoms with Gasteiger partial charge in [0.15, 0.2) is 0 Å². The highest BCUT2D eigenvalue weighted by Gasteiger charge is 2.13. The van der Waals surface area contributed by atoms with Crippen LogP contribution in [0.2, 0.25) is 0 Å². The Kier molecular flexibility index (Phi) is 5.86. The number of hydrogen-bond donors (Lipinski definition) is 0. The molecule has 2 aromatic rings. The fourth-order valence-electron chi connectivity index (χ4n) is 1.91. The maximum atomic E-state index is 12.2. The van der Waals surface area contributed by atoms with Crippen molar-refractivity contribution in [2.45, 2.75) is 19.8 Å². The van der Waals surface area contributed by atoms with Crippen LogP contribution in [0, 0.1) is 3.57 Å². The zero-order chi connectivity index (χ0) is 16.3. The fourth-order valence-corrected chi connectivity index (χ4v) is 3.12. The Balaban J connectivity index is 2.20. The van der Waals surface area contributed by atoms with Crippen molar-refractivity contribution in [1.82, 2.24) is 0 Å². The van der Waals surface area contributed by atoms with Gasteiger partial charge in [0.1, 0.15) is 11.5 Å². The summed E-state index contributed by atoms with van der Waals surface area (Å²) in [5, 5.41) is 0. The van der Waals surface area contributed by atoms with Crippen LogP contribution in [0.25, 0.3) is 0 Å². The van der Waals surface area contributed by atoms with Crippen molar-refractivity contribution in [2.75, 3.05) is 7.11 Å². The van der Waals surface area contributed by atoms with E-state index in [0.29, 0.717) is 17.2 Å². The standard InChI is InChI=1S/C17H16BrIO3/c1-10(2)11-4-6-15(13(18)8-11)22-17(20)12-5-7-16(21-3)14(19)9-12/h4-10H,1-3H3. The molecule has 0 saturated heterocycles. The van der Waals surface area contributed by atoms with Crippen molar-refractivity contribution >= 4 is 44.5 Å². The van der Waals surface area contributed by atoms with E-state index in [1.54, 1.807) is 25.3 Å². The molecule has 116 valence electrons. The second-order valence-corrected chi connectivity index (χ2v) is 7.10. The number of esters is 1. The highest BCUT2D eigenvalue weighted by atomic mass is 127. The maximum absolute atomic E-state index is 12.2. The number of ether oxygens (including phenoxy) is 2. The molecule has 0 aliphatic carbocycles. The first kappa shape index (κ1) is 17.3. The number of carbonyl (C=O) groups is 1. The molecular weight excluding hydrogens is 459 g/mol. The molecule has 0 aromatic heterocycles. The second kappa shape index (κ2) is 7.46. The summed E-state index contributed by atoms with van der Waals surface area (Å²) in [5.74, 6) is 1.28. The van der Waals surface area contributed by atoms with Crippen LogP contribution < -0.4 is 9.47 Å². The molecule has 0 bridgehead atoms. The van der Waals surface area contributed by atoms with Gasteiger partial charge in [-0.1, -0.05) is 19.9 Å². The van der Waals surface area contributed by atoms with Crippen molar-refractivity contribution < 1.29 is 14.3 Å². The van der Waals surface area contributed by atoms with E-state index in [1.807, 2.05) is 18.2 Å². The molecule has 5 heteroatoms. The van der Waals surface area contributed by atoms with Crippen LogP contribution >= 0.6 is 38.5 Å². The topological polar surface area (TPSA) is 35.5 Å². The lowest BCUT2D eigenvalue weighted by molar-refractivity contribution is 0.0733. The summed E-state index contributed by atoms with van der Waals surface area (Å²) < 4.78 is 12.3. The molecule has 0 radical (unpaired) electrons. The molecule has 2 aromatic carbocycles. The van der Waals surface area contributed by atoms with E-state index in [1.165, 1.54) is 5.56 Å². The predicted octanol–water partition coefficient (Wildman–Crippen LogP) is 5.40. The normalized spacial score (nSPS) is 10.6. The van der Waals surface area contributed by atoms with Gasteiger partial charge >= 0.3 is 5.97 Å². The lowest BCUT2D eigenvalue weighted by Crippen LogP contribution is -2.09. The van der Waals surface area contributed by atoms with E-state index in [2.05, 4.69) is 52.4 Å². The minimum atomic E-state index is -0.390. The summed E-state index contributed by atoms with van der Waals surface area (Å²) in [6.45, 7) is 4.24. The average molecular weight is 475 g/mol. The minimum absolute atomic E-state index is 0.390. The molecule has 0 saturated carbocycles. The van der Waals surface area contributed by atoms with Crippen molar-refractivity contribution in [2.24, 2.45) is 0 Å². The SMILES string of the molecule is COc1ccc(C(=O)Oc2ccc(C(C)C)cc2Br)cc1I. The number of benzene rings is 2. The van der Waals surface area contributed by atoms with Crippen molar-refractivity contribution in [3.8, 4) is 11.5 Å². The number of hydrogen-bond acceptors (Lipinski definition) is 3. The van der Waals surface area contributed by atoms with Gasteiger partial charge in [-0.15, -0.1) is 0 Å². The van der Waals surface area contributed by atoms with Crippen molar-refractivity contribution in [1.29, 1.82) is 0 Å². The van der Waals surface area contributed by atoms with Crippen LogP contribution in [0.3, 0.4) is 0 Å². The second-order valence-electron chi connectivity index (χ2n) is 5.08. The first-order valence-corrected chi connectivity index (χ1v) is 8.64. The first-order valence-electron chi connectivity index (χ1n) is 6.77. The molecule has 0 heterocycles. The summed E-state index contributed by atoms with van der Waals surface area (Å²) >= 11 is 5.58. The van der Waals surface area contributed by atoms with E-state index in [0.717, 1.165) is 13.8 Å². The van der Waals surface area contributed by atoms with E-state index < -0.39 is 5.97 Å². The van der Waals surface area contributed by atoms with Crippen LogP contribution in [0.5, 0.6) is 11.5 Å². The predicted molar refractivity (Wildman–Crippen MR) is 98.9 cm³/mol. The maximum Gasteiger partial charge on any atom is 0.343 e. The van der Waals surface area contributed by atoms with Crippen LogP contribution in [0.1, 0.15) is 35.7 Å². The molecule has 0 aliphatic heterocycles. The zero-order valence-corrected chi connectivity index (χ0v) is 16.3. The van der Waals surface area contributed by atoms with Crippen LogP contribution in [0.4, 0.5) is 0 Å². The quantitative estimate of drug-likeness (QED) is 0.338. The Morgan fingerprint density at radius 2 is 1.82 bits per heavy atom. The van der Waals surface area contributed by atoms with Gasteiger partial charge in [-0.05, 0) is 80.3 Å². The molecular formula is C17H16BrIO3. The fraction of sp³-hybridized carbons (Fsp3) is 0.235. The van der Waals surface area contributed by atoms with Crippen LogP contribution in [-0.4, -0.2) is 13.1 Å². The Labute approximate surface area is 152 Å². The molecule has 0 N–H and O–H groups in total. The van der Waals surface area contributed by atoms with Gasteiger partial charge in [0.2, 0.25) is 0 Å². The molecule has 0 atom stereocenters. The number of carbonyl (C=O) groups excluding carboxylic acids is 1. The minimum Gasteiger partial charge on any atom is -0.496 e. The summed E-state index contributed by atoms with van der Waals surface area (Å²) in [6.07, 6.45) is 0. The Bertz CT molecular complexity index is 698. The van der Waals surface area contributed by atoms with Gasteiger partial charge in [-0.25, -0.2) is 4.79 Å². The summed E-state index contributed by atoms with van der Waals surface area (Å²) in [5.41, 5.74) is 1.68. The van der Waals surface area contributed by atoms with Gasteiger partial charge in [0, 0.05) is 0 Å². The highest BCUT2D eigenvalue weighted by molar-refractivity contribution is 14.1. The van der Waals surface area contributed by atoms with Gasteiger partial charge < -0.3 is 9.47 Å². The van der Waals surface area contributed by atoms with E-state index >= 15 is 0 Å². The molecule has 0 aliphatic rings. The van der Waals surface area contributed by atoms with Gasteiger partial charge in [-0.3, -0.25) is 0 Å². The van der Waals surface area contributed by atoms with Crippen LogP contribution in [0.15, 0.2) is 40.9 Å². The number of methoxy groups -OCH3 is 1. The monoisotopic (exact) mass is 474 g/mol. The third-order valence-corrected chi connectivity index (χ3v) is 4.68. The van der Waals surface area contributed by atoms with Gasteiger partial charge in [0.05, 0.1) is 20.7 Å². The first-order chi connectivity index (χ1) is 10.4. The van der Waals surface area contributed by atoms with Crippen LogP contribution in [-0.2, 0) is 0 Å². The molecule has 3 nitrogen and oxygen atoms in total. The lowest BCUT2D eigenvalue weighted by atomic mass is 10.0. The Morgan fingerprint density at radius 1 is 1.14 bits per heavy atom. The van der Waals surface area contributed by atoms with Crippen molar-refractivity contribution in [3.63, 3.8) is 0 Å². The lowest BCUT2D eigenvalue weighted by Gasteiger charge is -2.11. The van der Waals surface area contributed by atoms with Gasteiger partial charge in [-0.2, -0.15) is 0 Å². The molecule has 0 unspecified atom stereocenters. The smallest absolute Gasteiger partial charge is 0.343 e. The summed E-state index contributed by atoms with van der Waals surface area (Å²) in [7, 11) is 1.60. The molecule has 0 fully saturated rings. The van der Waals surface area contributed by atoms with Gasteiger partial charge in [0.25, 0.3) is 0 Å². The van der Waals surface area contributed by atoms with Crippen molar-refractivity contribution in [3.05, 3.63) is 55.6 Å². The Morgan fingerprint density at radius 3 is 2.36 bits per heavy atom. The number of rotatable bonds is 4. The summed E-state index contributed by atoms with van der Waals surface area (Å²) in [6, 6.07) is 11.0. The number of halogens is 2. The van der Waals surface area contributed by atoms with E-state index in [9.17, 15) is 4.79 Å². The largest absolute Gasteiger partial charge is 0.496 e. The molecule has 0 amide bonds. The third kappa shape index (κ3) is 4.01. The average Bonchev–Trinajstić information content (AvgIpc) is 2.48. The third-order valence-electron chi connectivity index (χ3n) is 3.21. The zero-order valence-electron chi connectivity index (χ0n) is 12.5. The van der Waals surface area contributed by atoms with E-state index in [-0.39, 0.29) is 0 Å². The molecule has 0 spiro atoms.